The summed E-state index contributed by atoms with van der Waals surface area (Å²) in [5.41, 5.74) is 2.38. The van der Waals surface area contributed by atoms with E-state index >= 15 is 0 Å². The van der Waals surface area contributed by atoms with Gasteiger partial charge in [0, 0.05) is 19.2 Å². The van der Waals surface area contributed by atoms with Crippen LogP contribution in [0.4, 0.5) is 14.9 Å². The molecule has 1 N–H and O–H groups in total. The number of urea groups is 1. The molecular weight excluding hydrogens is 295 g/mol. The van der Waals surface area contributed by atoms with Gasteiger partial charge in [-0.15, -0.1) is 0 Å². The first-order valence-electron chi connectivity index (χ1n) is 7.90. The minimum absolute atomic E-state index is 0. The van der Waals surface area contributed by atoms with Crippen molar-refractivity contribution in [2.45, 2.75) is 45.7 Å². The second-order valence-electron chi connectivity index (χ2n) is 6.09. The number of amides is 2. The molecule has 2 aromatic rings. The second kappa shape index (κ2) is 6.02. The summed E-state index contributed by atoms with van der Waals surface area (Å²) in [6.45, 7) is 6.07. The molecule has 1 aromatic heterocycles. The Labute approximate surface area is 136 Å². The van der Waals surface area contributed by atoms with Crippen LogP contribution in [-0.2, 0) is 0 Å². The molecule has 124 valence electrons. The summed E-state index contributed by atoms with van der Waals surface area (Å²) < 4.78 is 14.7. The third-order valence-corrected chi connectivity index (χ3v) is 4.45. The van der Waals surface area contributed by atoms with E-state index in [2.05, 4.69) is 24.3 Å². The molecular formula is C17H23FN4O. The zero-order valence-corrected chi connectivity index (χ0v) is 13.6. The Morgan fingerprint density at radius 2 is 2.30 bits per heavy atom. The van der Waals surface area contributed by atoms with Crippen molar-refractivity contribution in [1.29, 1.82) is 0 Å². The molecule has 0 radical (unpaired) electrons. The van der Waals surface area contributed by atoms with E-state index in [0.29, 0.717) is 11.7 Å². The van der Waals surface area contributed by atoms with E-state index in [-0.39, 0.29) is 19.3 Å². The molecule has 1 saturated heterocycles. The van der Waals surface area contributed by atoms with Crippen LogP contribution >= 0.6 is 0 Å². The van der Waals surface area contributed by atoms with Crippen molar-refractivity contribution < 1.29 is 10.6 Å². The van der Waals surface area contributed by atoms with Crippen LogP contribution in [0.15, 0.2) is 30.6 Å². The van der Waals surface area contributed by atoms with E-state index in [1.807, 2.05) is 30.0 Å². The third kappa shape index (κ3) is 2.93. The maximum Gasteiger partial charge on any atom is 0.322 e. The number of anilines is 1. The number of nitrogens with zero attached hydrogens (tertiary/aromatic N) is 3. The number of halogens is 1. The van der Waals surface area contributed by atoms with Gasteiger partial charge in [-0.2, -0.15) is 5.10 Å². The van der Waals surface area contributed by atoms with Gasteiger partial charge >= 0.3 is 6.03 Å². The van der Waals surface area contributed by atoms with Crippen molar-refractivity contribution in [3.63, 3.8) is 0 Å². The van der Waals surface area contributed by atoms with Crippen LogP contribution in [0.1, 0.15) is 33.7 Å². The quantitative estimate of drug-likeness (QED) is 0.931. The summed E-state index contributed by atoms with van der Waals surface area (Å²) in [5.74, 6) is -0.390. The molecule has 1 fully saturated rings. The minimum Gasteiger partial charge on any atom is -0.319 e. The van der Waals surface area contributed by atoms with Crippen molar-refractivity contribution in [1.82, 2.24) is 14.7 Å². The van der Waals surface area contributed by atoms with Crippen LogP contribution in [0.3, 0.4) is 0 Å². The molecule has 2 amide bonds. The fourth-order valence-electron chi connectivity index (χ4n) is 3.13. The Hall–Kier alpha value is -2.37. The molecule has 1 aromatic carbocycles. The Morgan fingerprint density at radius 1 is 1.52 bits per heavy atom. The van der Waals surface area contributed by atoms with Gasteiger partial charge in [-0.25, -0.2) is 13.9 Å². The van der Waals surface area contributed by atoms with E-state index < -0.39 is 0 Å². The molecule has 0 spiro atoms. The SMILES string of the molecule is CCC1CC(C)N1C(=O)Nc1ccc(C)c(-n2cc(F)cn2)c1.[HH]. The van der Waals surface area contributed by atoms with Gasteiger partial charge in [-0.05, 0) is 44.4 Å². The Morgan fingerprint density at radius 3 is 2.91 bits per heavy atom. The average molecular weight is 318 g/mol. The Kier molecular flexibility index (Phi) is 4.07. The van der Waals surface area contributed by atoms with E-state index in [9.17, 15) is 9.18 Å². The Balaban J connectivity index is 0.00000208. The lowest BCUT2D eigenvalue weighted by Gasteiger charge is -2.46. The van der Waals surface area contributed by atoms with Crippen LogP contribution in [0, 0.1) is 12.7 Å². The van der Waals surface area contributed by atoms with Gasteiger partial charge in [0.25, 0.3) is 0 Å². The first-order valence-corrected chi connectivity index (χ1v) is 7.90. The molecule has 3 rings (SSSR count). The molecule has 0 saturated carbocycles. The fourth-order valence-corrected chi connectivity index (χ4v) is 3.13. The second-order valence-corrected chi connectivity index (χ2v) is 6.09. The molecule has 2 heterocycles. The smallest absolute Gasteiger partial charge is 0.319 e. The first kappa shape index (κ1) is 15.5. The van der Waals surface area contributed by atoms with Crippen molar-refractivity contribution in [3.8, 4) is 5.69 Å². The number of likely N-dealkylation sites (tertiary alicyclic amines) is 1. The molecule has 0 aliphatic carbocycles. The van der Waals surface area contributed by atoms with Gasteiger partial charge in [0.15, 0.2) is 5.82 Å². The third-order valence-electron chi connectivity index (χ3n) is 4.45. The van der Waals surface area contributed by atoms with E-state index in [4.69, 9.17) is 0 Å². The number of nitrogens with one attached hydrogen (secondary N) is 1. The van der Waals surface area contributed by atoms with Gasteiger partial charge in [0.2, 0.25) is 0 Å². The minimum atomic E-state index is -0.390. The van der Waals surface area contributed by atoms with E-state index in [1.165, 1.54) is 10.9 Å². The normalized spacial score (nSPS) is 20.3. The van der Waals surface area contributed by atoms with Crippen LogP contribution in [0.5, 0.6) is 0 Å². The maximum atomic E-state index is 13.2. The lowest BCUT2D eigenvalue weighted by Crippen LogP contribution is -2.58. The summed E-state index contributed by atoms with van der Waals surface area (Å²) in [6.07, 6.45) is 4.50. The van der Waals surface area contributed by atoms with Crippen molar-refractivity contribution >= 4 is 11.7 Å². The molecule has 0 bridgehead atoms. The van der Waals surface area contributed by atoms with Crippen molar-refractivity contribution in [2.75, 3.05) is 5.32 Å². The highest BCUT2D eigenvalue weighted by molar-refractivity contribution is 5.90. The number of aromatic nitrogens is 2. The highest BCUT2D eigenvalue weighted by Crippen LogP contribution is 2.29. The number of benzene rings is 1. The van der Waals surface area contributed by atoms with Crippen LogP contribution in [-0.4, -0.2) is 32.8 Å². The topological polar surface area (TPSA) is 50.2 Å². The average Bonchev–Trinajstić information content (AvgIpc) is 2.92. The summed E-state index contributed by atoms with van der Waals surface area (Å²) in [6, 6.07) is 6.05. The largest absolute Gasteiger partial charge is 0.322 e. The van der Waals surface area contributed by atoms with Gasteiger partial charge in [0.1, 0.15) is 0 Å². The molecule has 2 unspecified atom stereocenters. The van der Waals surface area contributed by atoms with Gasteiger partial charge in [-0.1, -0.05) is 13.0 Å². The standard InChI is InChI=1S/C17H21FN4O.H2/c1-4-15-7-12(3)22(15)17(23)20-14-6-5-11(2)16(8-14)21-10-13(18)9-19-21;/h5-6,8-10,12,15H,4,7H2,1-3H3,(H,20,23);1H. The zero-order chi connectivity index (χ0) is 16.6. The van der Waals surface area contributed by atoms with Gasteiger partial charge < -0.3 is 10.2 Å². The number of carbonyl (C=O) groups is 1. The summed E-state index contributed by atoms with van der Waals surface area (Å²) >= 11 is 0. The van der Waals surface area contributed by atoms with Crippen molar-refractivity contribution in [3.05, 3.63) is 42.0 Å². The van der Waals surface area contributed by atoms with Crippen LogP contribution in [0.2, 0.25) is 0 Å². The predicted octanol–water partition coefficient (Wildman–Crippen LogP) is 3.97. The number of hydrogen-bond donors (Lipinski definition) is 1. The first-order chi connectivity index (χ1) is 11.0. The lowest BCUT2D eigenvalue weighted by molar-refractivity contribution is 0.0688. The summed E-state index contributed by atoms with van der Waals surface area (Å²) in [5, 5.41) is 6.92. The summed E-state index contributed by atoms with van der Waals surface area (Å²) in [7, 11) is 0. The monoisotopic (exact) mass is 318 g/mol. The fraction of sp³-hybridized carbons (Fsp3) is 0.412. The molecule has 1 aliphatic heterocycles. The van der Waals surface area contributed by atoms with Crippen LogP contribution < -0.4 is 5.32 Å². The number of carbonyl (C=O) groups excluding carboxylic acids is 1. The maximum absolute atomic E-state index is 13.2. The summed E-state index contributed by atoms with van der Waals surface area (Å²) in [4.78, 5) is 14.3. The van der Waals surface area contributed by atoms with Crippen LogP contribution in [0.25, 0.3) is 5.69 Å². The van der Waals surface area contributed by atoms with E-state index in [0.717, 1.165) is 30.3 Å². The molecule has 5 nitrogen and oxygen atoms in total. The predicted molar refractivity (Wildman–Crippen MR) is 89.4 cm³/mol. The highest BCUT2D eigenvalue weighted by Gasteiger charge is 2.37. The highest BCUT2D eigenvalue weighted by atomic mass is 19.1. The van der Waals surface area contributed by atoms with Gasteiger partial charge in [0.05, 0.1) is 18.1 Å². The molecule has 1 aliphatic rings. The van der Waals surface area contributed by atoms with Crippen molar-refractivity contribution in [2.24, 2.45) is 0 Å². The lowest BCUT2D eigenvalue weighted by atomic mass is 9.93. The van der Waals surface area contributed by atoms with Gasteiger partial charge in [-0.3, -0.25) is 0 Å². The molecule has 6 heteroatoms. The van der Waals surface area contributed by atoms with E-state index in [1.54, 1.807) is 0 Å². The molecule has 23 heavy (non-hydrogen) atoms. The molecule has 2 atom stereocenters. The zero-order valence-electron chi connectivity index (χ0n) is 13.6. The number of hydrogen-bond acceptors (Lipinski definition) is 2. The number of aryl methyl sites for hydroxylation is 1. The Bertz CT molecular complexity index is 733. The number of rotatable bonds is 3.